The highest BCUT2D eigenvalue weighted by atomic mass is 35.5. The average Bonchev–Trinajstić information content (AvgIpc) is 3.35. The van der Waals surface area contributed by atoms with E-state index in [2.05, 4.69) is 57.8 Å². The smallest absolute Gasteiger partial charge is 0.263 e. The van der Waals surface area contributed by atoms with Gasteiger partial charge < -0.3 is 10.6 Å². The van der Waals surface area contributed by atoms with Crippen molar-refractivity contribution >= 4 is 55.4 Å². The van der Waals surface area contributed by atoms with Crippen LogP contribution in [0, 0.1) is 16.7 Å². The maximum absolute atomic E-state index is 13.9. The van der Waals surface area contributed by atoms with Gasteiger partial charge in [0.15, 0.2) is 0 Å². The highest BCUT2D eigenvalue weighted by Crippen LogP contribution is 2.48. The molecule has 2 N–H and O–H groups in total. The Balaban J connectivity index is 1.47. The minimum Gasteiger partial charge on any atom is -0.383 e. The van der Waals surface area contributed by atoms with Gasteiger partial charge in [-0.25, -0.2) is 18.4 Å². The molecule has 0 radical (unpaired) electrons. The van der Waals surface area contributed by atoms with Gasteiger partial charge in [0.1, 0.15) is 17.3 Å². The molecule has 0 aliphatic heterocycles. The molecule has 1 unspecified atom stereocenters. The summed E-state index contributed by atoms with van der Waals surface area (Å²) in [6.07, 6.45) is 1.30. The van der Waals surface area contributed by atoms with Gasteiger partial charge in [0, 0.05) is 23.8 Å². The Morgan fingerprint density at radius 1 is 1.22 bits per heavy atom. The third-order valence-corrected chi connectivity index (χ3v) is 8.46. The van der Waals surface area contributed by atoms with E-state index in [-0.39, 0.29) is 5.41 Å². The lowest BCUT2D eigenvalue weighted by atomic mass is 9.96. The van der Waals surface area contributed by atoms with Crippen LogP contribution in [0.25, 0.3) is 21.1 Å². The number of rotatable bonds is 8. The van der Waals surface area contributed by atoms with Crippen LogP contribution in [0.1, 0.15) is 56.5 Å². The van der Waals surface area contributed by atoms with Crippen LogP contribution in [0.4, 0.5) is 20.2 Å². The number of nitrogens with one attached hydrogen (secondary N) is 2. The first kappa shape index (κ1) is 27.3. The van der Waals surface area contributed by atoms with Crippen LogP contribution >= 0.6 is 22.9 Å². The van der Waals surface area contributed by atoms with Crippen molar-refractivity contribution in [2.75, 3.05) is 17.2 Å². The second-order valence-electron chi connectivity index (χ2n) is 11.5. The minimum absolute atomic E-state index is 0.0382. The summed E-state index contributed by atoms with van der Waals surface area (Å²) in [5.41, 5.74) is 4.90. The molecular formula is C29H27ClF2N8S. The van der Waals surface area contributed by atoms with Gasteiger partial charge in [-0.15, -0.1) is 16.4 Å². The molecule has 1 aliphatic rings. The predicted molar refractivity (Wildman–Crippen MR) is 158 cm³/mol. The van der Waals surface area contributed by atoms with Crippen LogP contribution in [0.3, 0.4) is 0 Å². The Kier molecular flexibility index (Phi) is 6.78. The summed E-state index contributed by atoms with van der Waals surface area (Å²) in [6.45, 7) is 6.94. The number of thiazole rings is 1. The summed E-state index contributed by atoms with van der Waals surface area (Å²) in [5, 5.41) is 26.4. The maximum atomic E-state index is 13.9. The topological polar surface area (TPSA) is 104 Å². The van der Waals surface area contributed by atoms with E-state index in [0.29, 0.717) is 57.9 Å². The van der Waals surface area contributed by atoms with E-state index in [4.69, 9.17) is 11.6 Å². The second-order valence-corrected chi connectivity index (χ2v) is 12.8. The molecule has 1 saturated carbocycles. The first-order valence-corrected chi connectivity index (χ1v) is 14.4. The van der Waals surface area contributed by atoms with E-state index in [9.17, 15) is 14.0 Å². The summed E-state index contributed by atoms with van der Waals surface area (Å²) in [7, 11) is 0. The number of hydrogen-bond acceptors (Lipinski definition) is 8. The van der Waals surface area contributed by atoms with Crippen molar-refractivity contribution in [1.82, 2.24) is 25.0 Å². The van der Waals surface area contributed by atoms with Gasteiger partial charge in [-0.2, -0.15) is 5.26 Å². The number of pyridine rings is 1. The molecule has 3 aromatic heterocycles. The number of anilines is 2. The molecule has 1 atom stereocenters. The van der Waals surface area contributed by atoms with Crippen LogP contribution in [-0.4, -0.2) is 37.9 Å². The van der Waals surface area contributed by atoms with Gasteiger partial charge in [-0.3, -0.25) is 4.98 Å². The highest BCUT2D eigenvalue weighted by molar-refractivity contribution is 7.17. The Morgan fingerprint density at radius 2 is 2.02 bits per heavy atom. The number of benzene rings is 2. The molecule has 0 bridgehead atoms. The molecule has 0 amide bonds. The fourth-order valence-electron chi connectivity index (χ4n) is 4.89. The fourth-order valence-corrected chi connectivity index (χ4v) is 5.99. The van der Waals surface area contributed by atoms with Crippen molar-refractivity contribution in [3.63, 3.8) is 0 Å². The van der Waals surface area contributed by atoms with Gasteiger partial charge >= 0.3 is 0 Å². The van der Waals surface area contributed by atoms with Crippen molar-refractivity contribution in [2.24, 2.45) is 5.41 Å². The summed E-state index contributed by atoms with van der Waals surface area (Å²) in [4.78, 5) is 8.90. The normalized spacial score (nSPS) is 15.3. The number of nitrogens with zero attached hydrogens (tertiary/aromatic N) is 6. The molecule has 12 heteroatoms. The summed E-state index contributed by atoms with van der Waals surface area (Å²) in [6, 6.07) is 11.1. The molecule has 41 heavy (non-hydrogen) atoms. The quantitative estimate of drug-likeness (QED) is 0.194. The molecular weight excluding hydrogens is 566 g/mol. The van der Waals surface area contributed by atoms with E-state index >= 15 is 0 Å². The number of alkyl halides is 2. The molecule has 0 spiro atoms. The first-order valence-electron chi connectivity index (χ1n) is 13.2. The van der Waals surface area contributed by atoms with Gasteiger partial charge in [0.05, 0.1) is 49.8 Å². The fraction of sp³-hybridized carbons (Fsp3) is 0.345. The number of hydrogen-bond donors (Lipinski definition) is 2. The molecule has 6 rings (SSSR count). The molecule has 8 nitrogen and oxygen atoms in total. The van der Waals surface area contributed by atoms with Crippen LogP contribution < -0.4 is 10.6 Å². The van der Waals surface area contributed by atoms with Crippen molar-refractivity contribution < 1.29 is 8.78 Å². The lowest BCUT2D eigenvalue weighted by Crippen LogP contribution is -2.26. The maximum Gasteiger partial charge on any atom is 0.263 e. The zero-order valence-electron chi connectivity index (χ0n) is 22.6. The van der Waals surface area contributed by atoms with E-state index in [0.717, 1.165) is 15.8 Å². The molecule has 3 heterocycles. The first-order chi connectivity index (χ1) is 19.6. The van der Waals surface area contributed by atoms with Crippen LogP contribution in [0.15, 0.2) is 48.2 Å². The van der Waals surface area contributed by atoms with Crippen LogP contribution in [-0.2, 0) is 5.54 Å². The third kappa shape index (κ3) is 5.06. The van der Waals surface area contributed by atoms with E-state index in [1.165, 1.54) is 22.2 Å². The second kappa shape index (κ2) is 10.2. The molecule has 5 aromatic rings. The Bertz CT molecular complexity index is 1800. The summed E-state index contributed by atoms with van der Waals surface area (Å²) in [5.74, 6) is 0. The highest BCUT2D eigenvalue weighted by Gasteiger charge is 2.54. The molecule has 210 valence electrons. The lowest BCUT2D eigenvalue weighted by molar-refractivity contribution is 0.0593. The standard InChI is InChI=1S/C29H27ClF2N8S/c1-28(2,3)14-35-23-16(11-33)12-34-24-19(23)9-17(10-20(24)30)37-25(18-5-4-6-21-26(18)41-15-36-21)22-13-40(39-38-22)29(7-8-29)27(31)32/h4-6,9-10,12-13,15,25,27,37H,7-8,14H2,1-3H3,(H,34,35). The van der Waals surface area contributed by atoms with E-state index in [1.807, 2.05) is 24.3 Å². The van der Waals surface area contributed by atoms with E-state index in [1.54, 1.807) is 17.8 Å². The monoisotopic (exact) mass is 592 g/mol. The molecule has 0 saturated heterocycles. The zero-order valence-corrected chi connectivity index (χ0v) is 24.2. The number of halogens is 3. The van der Waals surface area contributed by atoms with Crippen molar-refractivity contribution in [3.05, 3.63) is 70.1 Å². The largest absolute Gasteiger partial charge is 0.383 e. The summed E-state index contributed by atoms with van der Waals surface area (Å²) < 4.78 is 30.0. The SMILES string of the molecule is CC(C)(C)CNc1c(C#N)cnc2c(Cl)cc(NC(c3cn(C4(C(F)F)CC4)nn3)c3cccc4ncsc34)cc12. The van der Waals surface area contributed by atoms with E-state index < -0.39 is 18.0 Å². The molecule has 1 fully saturated rings. The lowest BCUT2D eigenvalue weighted by Gasteiger charge is -2.22. The average molecular weight is 593 g/mol. The Labute approximate surface area is 244 Å². The Hall–Kier alpha value is -3.88. The summed E-state index contributed by atoms with van der Waals surface area (Å²) >= 11 is 8.23. The third-order valence-electron chi connectivity index (χ3n) is 7.28. The van der Waals surface area contributed by atoms with Crippen molar-refractivity contribution in [1.29, 1.82) is 5.26 Å². The van der Waals surface area contributed by atoms with Gasteiger partial charge in [-0.05, 0) is 42.0 Å². The van der Waals surface area contributed by atoms with Gasteiger partial charge in [0.25, 0.3) is 6.43 Å². The predicted octanol–water partition coefficient (Wildman–Crippen LogP) is 7.37. The molecule has 1 aliphatic carbocycles. The van der Waals surface area contributed by atoms with Crippen LogP contribution in [0.2, 0.25) is 5.02 Å². The van der Waals surface area contributed by atoms with Crippen molar-refractivity contribution in [3.8, 4) is 6.07 Å². The van der Waals surface area contributed by atoms with Gasteiger partial charge in [-0.1, -0.05) is 49.7 Å². The van der Waals surface area contributed by atoms with Crippen LogP contribution in [0.5, 0.6) is 0 Å². The minimum atomic E-state index is -2.53. The Morgan fingerprint density at radius 3 is 2.73 bits per heavy atom. The molecule has 2 aromatic carbocycles. The number of aromatic nitrogens is 5. The number of nitriles is 1. The van der Waals surface area contributed by atoms with Crippen molar-refractivity contribution in [2.45, 2.75) is 51.6 Å². The van der Waals surface area contributed by atoms with Gasteiger partial charge in [0.2, 0.25) is 0 Å². The number of fused-ring (bicyclic) bond motifs is 2. The zero-order chi connectivity index (χ0) is 28.9.